The number of hydrogen-bond donors (Lipinski definition) is 0. The van der Waals surface area contributed by atoms with Crippen LogP contribution in [0.15, 0.2) is 0 Å². The van der Waals surface area contributed by atoms with E-state index in [1.807, 2.05) is 4.90 Å². The van der Waals surface area contributed by atoms with Crippen LogP contribution in [0.4, 0.5) is 4.79 Å². The molecule has 2 rings (SSSR count). The number of nitrogens with zero attached hydrogens (tertiary/aromatic N) is 2. The van der Waals surface area contributed by atoms with Gasteiger partial charge in [0.15, 0.2) is 0 Å². The van der Waals surface area contributed by atoms with Gasteiger partial charge in [0, 0.05) is 13.1 Å². The molecule has 5 heteroatoms. The molecule has 5 nitrogen and oxygen atoms in total. The summed E-state index contributed by atoms with van der Waals surface area (Å²) in [5.74, 6) is 0.814. The average molecular weight is 240 g/mol. The van der Waals surface area contributed by atoms with Gasteiger partial charge in [-0.15, -0.1) is 0 Å². The van der Waals surface area contributed by atoms with Crippen LogP contribution in [-0.2, 0) is 9.53 Å². The van der Waals surface area contributed by atoms with Crippen LogP contribution in [0.5, 0.6) is 0 Å². The number of hydrogen-bond acceptors (Lipinski definition) is 3. The van der Waals surface area contributed by atoms with Crippen LogP contribution in [0, 0.1) is 5.92 Å². The Morgan fingerprint density at radius 1 is 1.35 bits per heavy atom. The number of rotatable bonds is 3. The number of likely N-dealkylation sites (tertiary alicyclic amines) is 1. The summed E-state index contributed by atoms with van der Waals surface area (Å²) in [6, 6.07) is 0. The molecule has 0 aromatic rings. The zero-order valence-electron chi connectivity index (χ0n) is 10.4. The zero-order chi connectivity index (χ0) is 12.3. The van der Waals surface area contributed by atoms with E-state index in [1.165, 1.54) is 11.3 Å². The molecular formula is C12H20N2O3. The first-order valence-corrected chi connectivity index (χ1v) is 6.40. The third-order valence-electron chi connectivity index (χ3n) is 3.72. The summed E-state index contributed by atoms with van der Waals surface area (Å²) in [5.41, 5.74) is 0. The van der Waals surface area contributed by atoms with Gasteiger partial charge in [-0.25, -0.2) is 4.79 Å². The highest BCUT2D eigenvalue weighted by Gasteiger charge is 2.28. The van der Waals surface area contributed by atoms with Crippen molar-refractivity contribution >= 4 is 12.0 Å². The predicted octanol–water partition coefficient (Wildman–Crippen LogP) is 1.09. The van der Waals surface area contributed by atoms with Gasteiger partial charge >= 0.3 is 6.09 Å². The van der Waals surface area contributed by atoms with Gasteiger partial charge in [-0.1, -0.05) is 13.3 Å². The lowest BCUT2D eigenvalue weighted by Gasteiger charge is -2.32. The highest BCUT2D eigenvalue weighted by molar-refractivity contribution is 5.82. The maximum atomic E-state index is 12.0. The third kappa shape index (κ3) is 2.90. The molecular weight excluding hydrogens is 220 g/mol. The normalized spacial score (nSPS) is 21.8. The van der Waals surface area contributed by atoms with Crippen molar-refractivity contribution in [2.24, 2.45) is 5.92 Å². The van der Waals surface area contributed by atoms with Crippen molar-refractivity contribution in [3.8, 4) is 0 Å². The molecule has 0 saturated carbocycles. The summed E-state index contributed by atoms with van der Waals surface area (Å²) in [5, 5.41) is 0. The fraction of sp³-hybridized carbons (Fsp3) is 0.833. The first-order valence-electron chi connectivity index (χ1n) is 6.40. The van der Waals surface area contributed by atoms with Crippen LogP contribution in [0.25, 0.3) is 0 Å². The second kappa shape index (κ2) is 5.38. The van der Waals surface area contributed by atoms with Crippen LogP contribution < -0.4 is 0 Å². The van der Waals surface area contributed by atoms with E-state index in [9.17, 15) is 9.59 Å². The quantitative estimate of drug-likeness (QED) is 0.742. The van der Waals surface area contributed by atoms with Crippen LogP contribution in [0.1, 0.15) is 26.2 Å². The smallest absolute Gasteiger partial charge is 0.410 e. The topological polar surface area (TPSA) is 49.9 Å². The molecule has 0 atom stereocenters. The molecule has 2 amide bonds. The third-order valence-corrected chi connectivity index (χ3v) is 3.72. The molecule has 0 aromatic carbocycles. The van der Waals surface area contributed by atoms with Crippen molar-refractivity contribution in [1.82, 2.24) is 9.80 Å². The SMILES string of the molecule is CCC1CCN(C(=O)CN2CCOC2=O)CC1. The van der Waals surface area contributed by atoms with E-state index < -0.39 is 0 Å². The van der Waals surface area contributed by atoms with Crippen LogP contribution in [0.2, 0.25) is 0 Å². The maximum absolute atomic E-state index is 12.0. The van der Waals surface area contributed by atoms with Gasteiger partial charge in [-0.3, -0.25) is 9.69 Å². The lowest BCUT2D eigenvalue weighted by Crippen LogP contribution is -2.44. The van der Waals surface area contributed by atoms with Crippen LogP contribution in [-0.4, -0.2) is 54.6 Å². The second-order valence-electron chi connectivity index (χ2n) is 4.77. The Kier molecular flexibility index (Phi) is 3.86. The minimum atomic E-state index is -0.359. The van der Waals surface area contributed by atoms with Crippen molar-refractivity contribution in [1.29, 1.82) is 0 Å². The number of ether oxygens (including phenoxy) is 1. The second-order valence-corrected chi connectivity index (χ2v) is 4.77. The molecule has 17 heavy (non-hydrogen) atoms. The van der Waals surface area contributed by atoms with E-state index in [-0.39, 0.29) is 18.5 Å². The summed E-state index contributed by atoms with van der Waals surface area (Å²) >= 11 is 0. The fourth-order valence-corrected chi connectivity index (χ4v) is 2.42. The van der Waals surface area contributed by atoms with Gasteiger partial charge in [-0.2, -0.15) is 0 Å². The minimum absolute atomic E-state index is 0.0541. The van der Waals surface area contributed by atoms with E-state index in [0.29, 0.717) is 13.2 Å². The van der Waals surface area contributed by atoms with Crippen molar-refractivity contribution < 1.29 is 14.3 Å². The average Bonchev–Trinajstić information content (AvgIpc) is 2.75. The molecule has 0 N–H and O–H groups in total. The van der Waals surface area contributed by atoms with Gasteiger partial charge in [0.05, 0.1) is 6.54 Å². The lowest BCUT2D eigenvalue weighted by atomic mass is 9.94. The Bertz CT molecular complexity index is 298. The molecule has 0 aliphatic carbocycles. The largest absolute Gasteiger partial charge is 0.448 e. The number of piperidine rings is 1. The molecule has 2 aliphatic rings. The highest BCUT2D eigenvalue weighted by Crippen LogP contribution is 2.20. The lowest BCUT2D eigenvalue weighted by molar-refractivity contribution is -0.133. The minimum Gasteiger partial charge on any atom is -0.448 e. The fourth-order valence-electron chi connectivity index (χ4n) is 2.42. The molecule has 0 radical (unpaired) electrons. The number of carbonyl (C=O) groups is 2. The Morgan fingerprint density at radius 2 is 2.06 bits per heavy atom. The van der Waals surface area contributed by atoms with Gasteiger partial charge in [-0.05, 0) is 18.8 Å². The maximum Gasteiger partial charge on any atom is 0.410 e. The summed E-state index contributed by atoms with van der Waals surface area (Å²) in [6.45, 7) is 4.98. The predicted molar refractivity (Wildman–Crippen MR) is 62.5 cm³/mol. The van der Waals surface area contributed by atoms with Crippen molar-refractivity contribution in [2.75, 3.05) is 32.8 Å². The Morgan fingerprint density at radius 3 is 2.59 bits per heavy atom. The molecule has 0 unspecified atom stereocenters. The number of amides is 2. The first-order chi connectivity index (χ1) is 8.20. The van der Waals surface area contributed by atoms with Crippen LogP contribution in [0.3, 0.4) is 0 Å². The van der Waals surface area contributed by atoms with E-state index in [0.717, 1.165) is 31.8 Å². The molecule has 96 valence electrons. The molecule has 2 saturated heterocycles. The highest BCUT2D eigenvalue weighted by atomic mass is 16.6. The molecule has 0 spiro atoms. The molecule has 2 fully saturated rings. The van der Waals surface area contributed by atoms with Crippen molar-refractivity contribution in [3.05, 3.63) is 0 Å². The van der Waals surface area contributed by atoms with Crippen molar-refractivity contribution in [2.45, 2.75) is 26.2 Å². The van der Waals surface area contributed by atoms with E-state index in [2.05, 4.69) is 6.92 Å². The molecule has 2 heterocycles. The summed E-state index contributed by atoms with van der Waals surface area (Å²) in [6.07, 6.45) is 3.02. The standard InChI is InChI=1S/C12H20N2O3/c1-2-10-3-5-13(6-4-10)11(15)9-14-7-8-17-12(14)16/h10H,2-9H2,1H3. The monoisotopic (exact) mass is 240 g/mol. The van der Waals surface area contributed by atoms with Gasteiger partial charge in [0.2, 0.25) is 5.91 Å². The molecule has 2 aliphatic heterocycles. The summed E-state index contributed by atoms with van der Waals surface area (Å²) < 4.78 is 4.80. The van der Waals surface area contributed by atoms with Gasteiger partial charge in [0.1, 0.15) is 13.2 Å². The summed E-state index contributed by atoms with van der Waals surface area (Å²) in [4.78, 5) is 26.5. The first kappa shape index (κ1) is 12.2. The van der Waals surface area contributed by atoms with E-state index in [1.54, 1.807) is 0 Å². The van der Waals surface area contributed by atoms with Crippen molar-refractivity contribution in [3.63, 3.8) is 0 Å². The summed E-state index contributed by atoms with van der Waals surface area (Å²) in [7, 11) is 0. The Labute approximate surface area is 102 Å². The van der Waals surface area contributed by atoms with E-state index >= 15 is 0 Å². The zero-order valence-corrected chi connectivity index (χ0v) is 10.4. The van der Waals surface area contributed by atoms with Gasteiger partial charge < -0.3 is 9.64 Å². The van der Waals surface area contributed by atoms with Crippen LogP contribution >= 0.6 is 0 Å². The Balaban J connectivity index is 1.78. The van der Waals surface area contributed by atoms with Gasteiger partial charge in [0.25, 0.3) is 0 Å². The number of carbonyl (C=O) groups excluding carboxylic acids is 2. The van der Waals surface area contributed by atoms with E-state index in [4.69, 9.17) is 4.74 Å². The Hall–Kier alpha value is -1.26. The molecule has 0 bridgehead atoms. The number of cyclic esters (lactones) is 1. The molecule has 0 aromatic heterocycles.